The summed E-state index contributed by atoms with van der Waals surface area (Å²) in [6, 6.07) is 4.16. The minimum absolute atomic E-state index is 0.0895. The fourth-order valence-corrected chi connectivity index (χ4v) is 5.11. The van der Waals surface area contributed by atoms with E-state index in [1.807, 2.05) is 0 Å². The molecule has 2 aromatic rings. The van der Waals surface area contributed by atoms with Crippen LogP contribution in [0.15, 0.2) is 47.4 Å². The topological polar surface area (TPSA) is 133 Å². The monoisotopic (exact) mass is 570 g/mol. The van der Waals surface area contributed by atoms with Gasteiger partial charge in [-0.25, -0.2) is 13.2 Å². The van der Waals surface area contributed by atoms with E-state index in [2.05, 4.69) is 5.32 Å². The smallest absolute Gasteiger partial charge is 0.430 e. The lowest BCUT2D eigenvalue weighted by Crippen LogP contribution is -2.53. The van der Waals surface area contributed by atoms with Crippen LogP contribution in [0.5, 0.6) is 0 Å². The zero-order valence-corrected chi connectivity index (χ0v) is 20.1. The highest BCUT2D eigenvalue weighted by molar-refractivity contribution is 7.91. The molecular weight excluding hydrogens is 550 g/mol. The van der Waals surface area contributed by atoms with E-state index in [0.717, 1.165) is 0 Å². The molecule has 2 amide bonds. The number of carboxylic acid groups (broad SMARTS) is 1. The number of carbonyl (C=O) groups is 2. The molecule has 0 bridgehead atoms. The molecule has 9 nitrogen and oxygen atoms in total. The first-order valence-corrected chi connectivity index (χ1v) is 12.2. The minimum Gasteiger partial charge on any atom is -0.465 e. The van der Waals surface area contributed by atoms with E-state index in [0.29, 0.717) is 29.2 Å². The number of aliphatic hydroxyl groups is 1. The Morgan fingerprint density at radius 1 is 1.05 bits per heavy atom. The predicted octanol–water partition coefficient (Wildman–Crippen LogP) is 3.59. The lowest BCUT2D eigenvalue weighted by Gasteiger charge is -2.32. The van der Waals surface area contributed by atoms with Crippen LogP contribution >= 0.6 is 0 Å². The molecule has 3 rings (SSSR count). The van der Waals surface area contributed by atoms with Crippen LogP contribution < -0.4 is 5.32 Å². The number of ether oxygens (including phenoxy) is 1. The molecule has 1 aliphatic heterocycles. The summed E-state index contributed by atoms with van der Waals surface area (Å²) in [5, 5.41) is 21.3. The second kappa shape index (κ2) is 10.1. The first-order chi connectivity index (χ1) is 17.4. The number of alkyl halides is 6. The highest BCUT2D eigenvalue weighted by atomic mass is 32.2. The molecule has 0 aromatic heterocycles. The number of amides is 2. The SMILES string of the molecule is COCCS(=O)(=O)c1ccc2c(c1)CN(C(=O)O)C2C(=O)Nc1ccc(C(O)(C(F)(F)F)C(F)(F)F)cc1. The van der Waals surface area contributed by atoms with Crippen molar-refractivity contribution in [3.8, 4) is 0 Å². The Hall–Kier alpha value is -3.37. The van der Waals surface area contributed by atoms with Crippen molar-refractivity contribution in [2.45, 2.75) is 35.4 Å². The number of benzene rings is 2. The van der Waals surface area contributed by atoms with Crippen LogP contribution in [0, 0.1) is 0 Å². The molecule has 0 aliphatic carbocycles. The summed E-state index contributed by atoms with van der Waals surface area (Å²) in [4.78, 5) is 25.3. The van der Waals surface area contributed by atoms with Gasteiger partial charge in [0, 0.05) is 18.4 Å². The third-order valence-electron chi connectivity index (χ3n) is 5.86. The largest absolute Gasteiger partial charge is 0.465 e. The summed E-state index contributed by atoms with van der Waals surface area (Å²) < 4.78 is 108. The lowest BCUT2D eigenvalue weighted by atomic mass is 9.92. The molecule has 1 atom stereocenters. The first kappa shape index (κ1) is 29.2. The number of fused-ring (bicyclic) bond motifs is 1. The van der Waals surface area contributed by atoms with Crippen LogP contribution in [0.2, 0.25) is 0 Å². The molecule has 1 unspecified atom stereocenters. The summed E-state index contributed by atoms with van der Waals surface area (Å²) >= 11 is 0. The molecule has 0 fully saturated rings. The number of nitrogens with one attached hydrogen (secondary N) is 1. The van der Waals surface area contributed by atoms with E-state index in [-0.39, 0.29) is 40.6 Å². The van der Waals surface area contributed by atoms with Crippen molar-refractivity contribution in [1.29, 1.82) is 0 Å². The van der Waals surface area contributed by atoms with Crippen molar-refractivity contribution >= 4 is 27.5 Å². The van der Waals surface area contributed by atoms with Crippen LogP contribution in [0.1, 0.15) is 22.7 Å². The van der Waals surface area contributed by atoms with Crippen molar-refractivity contribution in [3.05, 3.63) is 59.2 Å². The molecule has 16 heteroatoms. The Kier molecular flexibility index (Phi) is 7.74. The zero-order chi connectivity index (χ0) is 28.7. The standard InChI is InChI=1S/C22H20F6N2O7S/c1-37-8-9-38(35,36)15-6-7-16-12(10-15)11-30(19(32)33)17(16)18(31)29-14-4-2-13(3-5-14)20(34,21(23,24)25)22(26,27)28/h2-7,10,17,34H,8-9,11H2,1H3,(H,29,31)(H,32,33). The summed E-state index contributed by atoms with van der Waals surface area (Å²) in [5.74, 6) is -1.35. The summed E-state index contributed by atoms with van der Waals surface area (Å²) in [6.45, 7) is -0.451. The third-order valence-corrected chi connectivity index (χ3v) is 7.54. The van der Waals surface area contributed by atoms with Gasteiger partial charge in [-0.15, -0.1) is 0 Å². The van der Waals surface area contributed by atoms with Crippen molar-refractivity contribution < 1.29 is 59.3 Å². The van der Waals surface area contributed by atoms with Gasteiger partial charge in [0.1, 0.15) is 6.04 Å². The molecule has 208 valence electrons. The number of hydrogen-bond acceptors (Lipinski definition) is 6. The van der Waals surface area contributed by atoms with Gasteiger partial charge in [0.15, 0.2) is 9.84 Å². The van der Waals surface area contributed by atoms with Crippen LogP contribution in [0.25, 0.3) is 0 Å². The summed E-state index contributed by atoms with van der Waals surface area (Å²) in [6.07, 6.45) is -13.7. The van der Waals surface area contributed by atoms with Crippen molar-refractivity contribution in [3.63, 3.8) is 0 Å². The molecule has 0 saturated heterocycles. The van der Waals surface area contributed by atoms with Gasteiger partial charge in [-0.05, 0) is 35.4 Å². The fourth-order valence-electron chi connectivity index (χ4n) is 3.89. The van der Waals surface area contributed by atoms with Gasteiger partial charge in [-0.1, -0.05) is 18.2 Å². The Morgan fingerprint density at radius 3 is 2.13 bits per heavy atom. The second-order valence-corrected chi connectivity index (χ2v) is 10.4. The van der Waals surface area contributed by atoms with Crippen molar-refractivity contribution in [2.24, 2.45) is 0 Å². The number of sulfone groups is 1. The van der Waals surface area contributed by atoms with Crippen LogP contribution in [0.3, 0.4) is 0 Å². The molecule has 38 heavy (non-hydrogen) atoms. The summed E-state index contributed by atoms with van der Waals surface area (Å²) in [7, 11) is -2.47. The van der Waals surface area contributed by atoms with Crippen molar-refractivity contribution in [2.75, 3.05) is 24.8 Å². The maximum atomic E-state index is 13.1. The Balaban J connectivity index is 1.90. The highest BCUT2D eigenvalue weighted by Gasteiger charge is 2.71. The zero-order valence-electron chi connectivity index (χ0n) is 19.3. The van der Waals surface area contributed by atoms with Gasteiger partial charge in [0.25, 0.3) is 11.5 Å². The van der Waals surface area contributed by atoms with Gasteiger partial charge < -0.3 is 20.3 Å². The number of carbonyl (C=O) groups excluding carboxylic acids is 1. The molecule has 2 aromatic carbocycles. The van der Waals surface area contributed by atoms with Gasteiger partial charge >= 0.3 is 18.4 Å². The van der Waals surface area contributed by atoms with Crippen LogP contribution in [0.4, 0.5) is 36.8 Å². The average molecular weight is 570 g/mol. The number of methoxy groups -OCH3 is 1. The van der Waals surface area contributed by atoms with E-state index < -0.39 is 51.4 Å². The second-order valence-electron chi connectivity index (χ2n) is 8.26. The molecule has 1 aliphatic rings. The van der Waals surface area contributed by atoms with E-state index >= 15 is 0 Å². The Bertz CT molecular complexity index is 1310. The quantitative estimate of drug-likeness (QED) is 0.434. The Labute approximate surface area is 211 Å². The minimum atomic E-state index is -6.10. The predicted molar refractivity (Wildman–Crippen MR) is 118 cm³/mol. The molecule has 1 heterocycles. The van der Waals surface area contributed by atoms with Gasteiger partial charge in [-0.2, -0.15) is 26.3 Å². The average Bonchev–Trinajstić information content (AvgIpc) is 3.21. The Morgan fingerprint density at radius 2 is 1.63 bits per heavy atom. The van der Waals surface area contributed by atoms with E-state index in [1.54, 1.807) is 0 Å². The number of anilines is 1. The van der Waals surface area contributed by atoms with Gasteiger partial charge in [0.2, 0.25) is 0 Å². The number of halogens is 6. The summed E-state index contributed by atoms with van der Waals surface area (Å²) in [5.41, 5.74) is -6.65. The number of nitrogens with zero attached hydrogens (tertiary/aromatic N) is 1. The lowest BCUT2D eigenvalue weighted by molar-refractivity contribution is -0.376. The molecule has 0 radical (unpaired) electrons. The van der Waals surface area contributed by atoms with E-state index in [9.17, 15) is 54.6 Å². The molecule has 0 spiro atoms. The highest BCUT2D eigenvalue weighted by Crippen LogP contribution is 2.50. The van der Waals surface area contributed by atoms with Crippen molar-refractivity contribution in [1.82, 2.24) is 4.90 Å². The van der Waals surface area contributed by atoms with Crippen LogP contribution in [-0.2, 0) is 31.5 Å². The maximum absolute atomic E-state index is 13.1. The van der Waals surface area contributed by atoms with E-state index in [4.69, 9.17) is 4.74 Å². The van der Waals surface area contributed by atoms with Gasteiger partial charge in [0.05, 0.1) is 23.8 Å². The maximum Gasteiger partial charge on any atom is 0.430 e. The normalized spacial score (nSPS) is 16.3. The van der Waals surface area contributed by atoms with Crippen LogP contribution in [-0.4, -0.2) is 67.4 Å². The fraction of sp³-hybridized carbons (Fsp3) is 0.364. The molecule has 0 saturated carbocycles. The number of rotatable bonds is 7. The number of hydrogen-bond donors (Lipinski definition) is 3. The molecule has 3 N–H and O–H groups in total. The molecular formula is C22H20F6N2O7S. The van der Waals surface area contributed by atoms with E-state index in [1.165, 1.54) is 25.3 Å². The van der Waals surface area contributed by atoms with Gasteiger partial charge in [-0.3, -0.25) is 9.69 Å². The first-order valence-electron chi connectivity index (χ1n) is 10.6. The third kappa shape index (κ3) is 5.28.